The van der Waals surface area contributed by atoms with Crippen LogP contribution in [0.1, 0.15) is 16.1 Å². The summed E-state index contributed by atoms with van der Waals surface area (Å²) in [6.07, 6.45) is 0.590. The Morgan fingerprint density at radius 1 is 1.32 bits per heavy atom. The molecule has 0 aliphatic carbocycles. The summed E-state index contributed by atoms with van der Waals surface area (Å²) in [5.74, 6) is 0. The van der Waals surface area contributed by atoms with Crippen LogP contribution in [0.15, 0.2) is 24.3 Å². The van der Waals surface area contributed by atoms with Crippen LogP contribution < -0.4 is 0 Å². The molecule has 0 saturated heterocycles. The molecule has 1 aromatic carbocycles. The van der Waals surface area contributed by atoms with Crippen molar-refractivity contribution in [1.29, 1.82) is 0 Å². The molecule has 102 valence electrons. The van der Waals surface area contributed by atoms with Gasteiger partial charge < -0.3 is 0 Å². The highest BCUT2D eigenvalue weighted by Gasteiger charge is 2.10. The lowest BCUT2D eigenvalue weighted by Gasteiger charge is -2.04. The molecule has 6 heteroatoms. The third-order valence-electron chi connectivity index (χ3n) is 2.69. The first kappa shape index (κ1) is 14.1. The lowest BCUT2D eigenvalue weighted by Crippen LogP contribution is -2.16. The molecular formula is C13H16N2O3S. The summed E-state index contributed by atoms with van der Waals surface area (Å²) in [5.41, 5.74) is 3.25. The second-order valence-corrected chi connectivity index (χ2v) is 5.32. The zero-order valence-electron chi connectivity index (χ0n) is 10.8. The number of hydrogen-bond donors (Lipinski definition) is 2. The summed E-state index contributed by atoms with van der Waals surface area (Å²) < 4.78 is 0. The van der Waals surface area contributed by atoms with Crippen LogP contribution in [0.3, 0.4) is 0 Å². The topological polar surface area (TPSA) is 65.8 Å². The molecule has 0 spiro atoms. The second-order valence-electron chi connectivity index (χ2n) is 4.23. The van der Waals surface area contributed by atoms with Crippen molar-refractivity contribution >= 4 is 11.3 Å². The SMILES string of the molecule is Cc1cccc(-c2nc(C)c(CCON(O)O)s2)c1. The third-order valence-corrected chi connectivity index (χ3v) is 3.96. The Morgan fingerprint density at radius 3 is 2.79 bits per heavy atom. The van der Waals surface area contributed by atoms with E-state index in [4.69, 9.17) is 10.4 Å². The van der Waals surface area contributed by atoms with Gasteiger partial charge >= 0.3 is 0 Å². The molecule has 2 N–H and O–H groups in total. The minimum atomic E-state index is -0.266. The lowest BCUT2D eigenvalue weighted by atomic mass is 10.1. The molecule has 0 unspecified atom stereocenters. The summed E-state index contributed by atoms with van der Waals surface area (Å²) in [7, 11) is 0. The number of thiazole rings is 1. The molecule has 0 amide bonds. The van der Waals surface area contributed by atoms with Gasteiger partial charge in [-0.15, -0.1) is 11.3 Å². The van der Waals surface area contributed by atoms with E-state index in [-0.39, 0.29) is 12.0 Å². The van der Waals surface area contributed by atoms with E-state index in [9.17, 15) is 0 Å². The van der Waals surface area contributed by atoms with Gasteiger partial charge in [0.05, 0.1) is 17.7 Å². The van der Waals surface area contributed by atoms with Gasteiger partial charge in [0.25, 0.3) is 0 Å². The minimum absolute atomic E-state index is 0.198. The van der Waals surface area contributed by atoms with E-state index < -0.39 is 0 Å². The first-order valence-electron chi connectivity index (χ1n) is 5.90. The smallest absolute Gasteiger partial charge is 0.123 e. The monoisotopic (exact) mass is 280 g/mol. The van der Waals surface area contributed by atoms with Crippen molar-refractivity contribution in [2.45, 2.75) is 20.3 Å². The van der Waals surface area contributed by atoms with Crippen LogP contribution in [-0.4, -0.2) is 27.4 Å². The van der Waals surface area contributed by atoms with Crippen LogP contribution in [0.4, 0.5) is 0 Å². The average Bonchev–Trinajstić information content (AvgIpc) is 2.71. The molecule has 0 saturated carbocycles. The predicted octanol–water partition coefficient (Wildman–Crippen LogP) is 2.98. The minimum Gasteiger partial charge on any atom is -0.266 e. The molecule has 0 fully saturated rings. The molecule has 1 heterocycles. The summed E-state index contributed by atoms with van der Waals surface area (Å²) >= 11 is 1.60. The molecule has 0 aliphatic heterocycles. The zero-order chi connectivity index (χ0) is 13.8. The Balaban J connectivity index is 2.12. The van der Waals surface area contributed by atoms with E-state index in [1.165, 1.54) is 5.56 Å². The van der Waals surface area contributed by atoms with Crippen molar-refractivity contribution < 1.29 is 15.3 Å². The maximum atomic E-state index is 8.47. The summed E-state index contributed by atoms with van der Waals surface area (Å²) in [6.45, 7) is 4.19. The molecule has 5 nitrogen and oxygen atoms in total. The van der Waals surface area contributed by atoms with Crippen LogP contribution in [0.2, 0.25) is 0 Å². The Bertz CT molecular complexity index is 555. The van der Waals surface area contributed by atoms with Crippen LogP contribution >= 0.6 is 11.3 Å². The maximum Gasteiger partial charge on any atom is 0.123 e. The van der Waals surface area contributed by atoms with E-state index in [0.717, 1.165) is 21.1 Å². The Hall–Kier alpha value is -1.31. The van der Waals surface area contributed by atoms with Crippen molar-refractivity contribution in [3.63, 3.8) is 0 Å². The largest absolute Gasteiger partial charge is 0.266 e. The van der Waals surface area contributed by atoms with E-state index in [1.54, 1.807) is 11.3 Å². The van der Waals surface area contributed by atoms with Gasteiger partial charge in [0.15, 0.2) is 0 Å². The van der Waals surface area contributed by atoms with Gasteiger partial charge in [-0.05, 0) is 19.9 Å². The van der Waals surface area contributed by atoms with E-state index in [2.05, 4.69) is 28.9 Å². The second kappa shape index (κ2) is 6.23. The van der Waals surface area contributed by atoms with Gasteiger partial charge in [0.2, 0.25) is 0 Å². The first-order chi connectivity index (χ1) is 9.06. The van der Waals surface area contributed by atoms with Gasteiger partial charge in [-0.3, -0.25) is 15.3 Å². The lowest BCUT2D eigenvalue weighted by molar-refractivity contribution is -0.492. The molecule has 0 atom stereocenters. The molecule has 0 radical (unpaired) electrons. The quantitative estimate of drug-likeness (QED) is 0.824. The van der Waals surface area contributed by atoms with Crippen LogP contribution in [-0.2, 0) is 11.3 Å². The summed E-state index contributed by atoms with van der Waals surface area (Å²) in [4.78, 5) is 10.2. The molecule has 19 heavy (non-hydrogen) atoms. The van der Waals surface area contributed by atoms with E-state index >= 15 is 0 Å². The normalized spacial score (nSPS) is 11.2. The summed E-state index contributed by atoms with van der Waals surface area (Å²) in [6, 6.07) is 8.20. The fourth-order valence-corrected chi connectivity index (χ4v) is 2.82. The number of rotatable bonds is 5. The highest BCUT2D eigenvalue weighted by Crippen LogP contribution is 2.28. The highest BCUT2D eigenvalue weighted by molar-refractivity contribution is 7.15. The van der Waals surface area contributed by atoms with Gasteiger partial charge in [0.1, 0.15) is 5.01 Å². The number of aromatic nitrogens is 1. The fourth-order valence-electron chi connectivity index (χ4n) is 1.78. The highest BCUT2D eigenvalue weighted by atomic mass is 32.1. The van der Waals surface area contributed by atoms with Crippen LogP contribution in [0.5, 0.6) is 0 Å². The third kappa shape index (κ3) is 3.82. The van der Waals surface area contributed by atoms with Crippen molar-refractivity contribution in [3.05, 3.63) is 40.4 Å². The van der Waals surface area contributed by atoms with E-state index in [1.807, 2.05) is 19.1 Å². The molecule has 0 bridgehead atoms. The van der Waals surface area contributed by atoms with Gasteiger partial charge in [-0.1, -0.05) is 23.8 Å². The molecular weight excluding hydrogens is 264 g/mol. The predicted molar refractivity (Wildman–Crippen MR) is 72.1 cm³/mol. The molecule has 0 aliphatic rings. The van der Waals surface area contributed by atoms with Crippen molar-refractivity contribution in [1.82, 2.24) is 10.4 Å². The van der Waals surface area contributed by atoms with Gasteiger partial charge in [0, 0.05) is 16.9 Å². The van der Waals surface area contributed by atoms with Crippen LogP contribution in [0, 0.1) is 13.8 Å². The fraction of sp³-hybridized carbons (Fsp3) is 0.308. The average molecular weight is 280 g/mol. The Kier molecular flexibility index (Phi) is 4.62. The summed E-state index contributed by atoms with van der Waals surface area (Å²) in [5, 5.41) is 17.6. The van der Waals surface area contributed by atoms with Gasteiger partial charge in [-0.2, -0.15) is 0 Å². The first-order valence-corrected chi connectivity index (χ1v) is 6.72. The molecule has 1 aromatic heterocycles. The number of nitrogens with zero attached hydrogens (tertiary/aromatic N) is 2. The van der Waals surface area contributed by atoms with Crippen molar-refractivity contribution in [2.75, 3.05) is 6.61 Å². The molecule has 2 aromatic rings. The van der Waals surface area contributed by atoms with Crippen molar-refractivity contribution in [2.24, 2.45) is 0 Å². The van der Waals surface area contributed by atoms with Crippen LogP contribution in [0.25, 0.3) is 10.6 Å². The van der Waals surface area contributed by atoms with E-state index in [0.29, 0.717) is 6.42 Å². The zero-order valence-corrected chi connectivity index (χ0v) is 11.6. The Labute approximate surface area is 115 Å². The standard InChI is InChI=1S/C13H16N2O3S/c1-9-4-3-5-11(8-9)13-14-10(2)12(19-13)6-7-18-15(16)17/h3-5,8,16-17H,6-7H2,1-2H3. The number of hydrogen-bond acceptors (Lipinski definition) is 6. The van der Waals surface area contributed by atoms with Crippen molar-refractivity contribution in [3.8, 4) is 10.6 Å². The Morgan fingerprint density at radius 2 is 2.11 bits per heavy atom. The number of benzene rings is 1. The van der Waals surface area contributed by atoms with Gasteiger partial charge in [-0.25, -0.2) is 4.98 Å². The molecule has 2 rings (SSSR count). The number of aryl methyl sites for hydroxylation is 2. The maximum absolute atomic E-state index is 8.47.